The second-order valence-electron chi connectivity index (χ2n) is 5.10. The van der Waals surface area contributed by atoms with E-state index in [0.29, 0.717) is 5.71 Å². The maximum Gasteiger partial charge on any atom is 0.332 e. The van der Waals surface area contributed by atoms with Crippen molar-refractivity contribution in [1.82, 2.24) is 5.43 Å². The molecule has 0 aliphatic carbocycles. The summed E-state index contributed by atoms with van der Waals surface area (Å²) in [4.78, 5) is 11.8. The van der Waals surface area contributed by atoms with Crippen LogP contribution in [0.2, 0.25) is 0 Å². The number of aryl methyl sites for hydroxylation is 3. The number of hydrazone groups is 1. The van der Waals surface area contributed by atoms with Crippen LogP contribution in [0.5, 0.6) is 0 Å². The van der Waals surface area contributed by atoms with E-state index in [1.165, 1.54) is 16.7 Å². The average molecular weight is 313 g/mol. The first-order valence-corrected chi connectivity index (χ1v) is 7.78. The Morgan fingerprint density at radius 2 is 1.95 bits per heavy atom. The van der Waals surface area contributed by atoms with Gasteiger partial charge in [-0.05, 0) is 55.0 Å². The van der Waals surface area contributed by atoms with Crippen molar-refractivity contribution in [3.8, 4) is 0 Å². The van der Waals surface area contributed by atoms with Gasteiger partial charge < -0.3 is 5.73 Å². The number of nitrogens with two attached hydrogens (primary N) is 1. The van der Waals surface area contributed by atoms with Gasteiger partial charge in [0.05, 0.1) is 4.88 Å². The van der Waals surface area contributed by atoms with Crippen LogP contribution in [0, 0.1) is 20.8 Å². The van der Waals surface area contributed by atoms with Crippen LogP contribution in [0.1, 0.15) is 27.1 Å². The lowest BCUT2D eigenvalue weighted by atomic mass is 9.99. The summed E-state index contributed by atoms with van der Waals surface area (Å²) < 4.78 is 0. The fourth-order valence-corrected chi connectivity index (χ4v) is 3.03. The topological polar surface area (TPSA) is 67.5 Å². The number of hydrogen-bond acceptors (Lipinski definition) is 3. The van der Waals surface area contributed by atoms with Crippen LogP contribution in [-0.4, -0.2) is 11.7 Å². The largest absolute Gasteiger partial charge is 0.350 e. The summed E-state index contributed by atoms with van der Waals surface area (Å²) in [5.74, 6) is 0. The van der Waals surface area contributed by atoms with Crippen molar-refractivity contribution in [2.24, 2.45) is 10.8 Å². The Balaban J connectivity index is 2.35. The Bertz CT molecular complexity index is 707. The molecule has 0 aliphatic rings. The number of hydrogen-bond donors (Lipinski definition) is 2. The van der Waals surface area contributed by atoms with E-state index in [-0.39, 0.29) is 0 Å². The molecule has 0 radical (unpaired) electrons. The summed E-state index contributed by atoms with van der Waals surface area (Å²) in [5.41, 5.74) is 12.9. The van der Waals surface area contributed by atoms with Gasteiger partial charge in [-0.1, -0.05) is 29.8 Å². The number of urea groups is 1. The van der Waals surface area contributed by atoms with E-state index in [1.807, 2.05) is 29.7 Å². The third-order valence-electron chi connectivity index (χ3n) is 3.21. The first kappa shape index (κ1) is 16.0. The minimum atomic E-state index is -0.676. The maximum absolute atomic E-state index is 10.9. The van der Waals surface area contributed by atoms with Gasteiger partial charge in [0.15, 0.2) is 0 Å². The molecule has 22 heavy (non-hydrogen) atoms. The first-order chi connectivity index (χ1) is 10.5. The van der Waals surface area contributed by atoms with Crippen LogP contribution in [0.15, 0.2) is 40.8 Å². The van der Waals surface area contributed by atoms with Crippen molar-refractivity contribution in [3.63, 3.8) is 0 Å². The van der Waals surface area contributed by atoms with E-state index >= 15 is 0 Å². The van der Waals surface area contributed by atoms with E-state index in [2.05, 4.69) is 43.4 Å². The Labute approximate surface area is 134 Å². The molecule has 0 fully saturated rings. The molecule has 0 saturated carbocycles. The molecule has 1 aromatic heterocycles. The maximum atomic E-state index is 10.9. The van der Waals surface area contributed by atoms with Crippen LogP contribution in [0.3, 0.4) is 0 Å². The summed E-state index contributed by atoms with van der Waals surface area (Å²) in [7, 11) is 0. The molecular formula is C17H19N3OS. The van der Waals surface area contributed by atoms with E-state index in [1.54, 1.807) is 11.3 Å². The fraction of sp³-hybridized carbons (Fsp3) is 0.176. The lowest BCUT2D eigenvalue weighted by Gasteiger charge is -2.07. The van der Waals surface area contributed by atoms with Gasteiger partial charge in [-0.15, -0.1) is 11.3 Å². The summed E-state index contributed by atoms with van der Waals surface area (Å²) in [5, 5.41) is 6.04. The van der Waals surface area contributed by atoms with E-state index < -0.39 is 6.03 Å². The highest BCUT2D eigenvalue weighted by molar-refractivity contribution is 7.12. The zero-order chi connectivity index (χ0) is 16.1. The second-order valence-corrected chi connectivity index (χ2v) is 6.04. The Morgan fingerprint density at radius 3 is 2.50 bits per heavy atom. The quantitative estimate of drug-likeness (QED) is 0.655. The summed E-state index contributed by atoms with van der Waals surface area (Å²) in [6, 6.07) is 7.51. The number of benzene rings is 1. The van der Waals surface area contributed by atoms with Crippen molar-refractivity contribution in [1.29, 1.82) is 0 Å². The first-order valence-electron chi connectivity index (χ1n) is 6.90. The molecule has 5 heteroatoms. The van der Waals surface area contributed by atoms with Gasteiger partial charge in [0.2, 0.25) is 0 Å². The monoisotopic (exact) mass is 313 g/mol. The lowest BCUT2D eigenvalue weighted by molar-refractivity contribution is 0.249. The zero-order valence-corrected chi connectivity index (χ0v) is 13.7. The Morgan fingerprint density at radius 1 is 1.27 bits per heavy atom. The molecule has 0 atom stereocenters. The predicted molar refractivity (Wildman–Crippen MR) is 93.3 cm³/mol. The van der Waals surface area contributed by atoms with Crippen molar-refractivity contribution >= 4 is 29.2 Å². The standard InChI is InChI=1S/C17H19N3OS/c1-11-9-12(2)14(13(3)10-11)6-7-15(19-20-17(18)21)16-5-4-8-22-16/h4-10H,1-3H3,(H3,18,20,21). The molecule has 0 spiro atoms. The number of amides is 2. The molecule has 0 bridgehead atoms. The van der Waals surface area contributed by atoms with Crippen molar-refractivity contribution in [2.45, 2.75) is 20.8 Å². The van der Waals surface area contributed by atoms with E-state index in [0.717, 1.165) is 10.4 Å². The van der Waals surface area contributed by atoms with Crippen LogP contribution >= 0.6 is 11.3 Å². The minimum absolute atomic E-state index is 0.674. The highest BCUT2D eigenvalue weighted by Gasteiger charge is 2.04. The van der Waals surface area contributed by atoms with E-state index in [9.17, 15) is 4.79 Å². The Hall–Kier alpha value is -2.40. The van der Waals surface area contributed by atoms with Crippen LogP contribution in [-0.2, 0) is 0 Å². The van der Waals surface area contributed by atoms with Crippen molar-refractivity contribution in [3.05, 3.63) is 62.9 Å². The normalized spacial score (nSPS) is 11.9. The summed E-state index contributed by atoms with van der Waals surface area (Å²) in [6.07, 6.45) is 3.91. The lowest BCUT2D eigenvalue weighted by Crippen LogP contribution is -2.25. The van der Waals surface area contributed by atoms with Gasteiger partial charge >= 0.3 is 6.03 Å². The minimum Gasteiger partial charge on any atom is -0.350 e. The molecule has 4 nitrogen and oxygen atoms in total. The van der Waals surface area contributed by atoms with Gasteiger partial charge in [0, 0.05) is 0 Å². The molecule has 2 rings (SSSR count). The number of nitrogens with one attached hydrogen (secondary N) is 1. The average Bonchev–Trinajstić information content (AvgIpc) is 2.94. The van der Waals surface area contributed by atoms with Crippen molar-refractivity contribution < 1.29 is 4.79 Å². The number of nitrogens with zero attached hydrogens (tertiary/aromatic N) is 1. The van der Waals surface area contributed by atoms with Gasteiger partial charge in [-0.3, -0.25) is 0 Å². The Kier molecular flexibility index (Phi) is 5.12. The van der Waals surface area contributed by atoms with Gasteiger partial charge in [-0.2, -0.15) is 5.10 Å². The number of thiophene rings is 1. The SMILES string of the molecule is Cc1cc(C)c(C=CC(=NNC(N)=O)c2cccs2)c(C)c1. The number of carbonyl (C=O) groups excluding carboxylic acids is 1. The number of primary amides is 1. The van der Waals surface area contributed by atoms with Crippen LogP contribution in [0.25, 0.3) is 6.08 Å². The smallest absolute Gasteiger partial charge is 0.332 e. The molecule has 1 heterocycles. The number of carbonyl (C=O) groups is 1. The van der Waals surface area contributed by atoms with Gasteiger partial charge in [0.1, 0.15) is 5.71 Å². The molecule has 2 amide bonds. The number of allylic oxidation sites excluding steroid dienone is 1. The molecule has 114 valence electrons. The molecule has 0 aliphatic heterocycles. The zero-order valence-electron chi connectivity index (χ0n) is 12.9. The molecule has 1 aromatic carbocycles. The third-order valence-corrected chi connectivity index (χ3v) is 4.10. The summed E-state index contributed by atoms with van der Waals surface area (Å²) in [6.45, 7) is 6.26. The van der Waals surface area contributed by atoms with Gasteiger partial charge in [-0.25, -0.2) is 10.2 Å². The van der Waals surface area contributed by atoms with E-state index in [4.69, 9.17) is 5.73 Å². The summed E-state index contributed by atoms with van der Waals surface area (Å²) >= 11 is 1.55. The van der Waals surface area contributed by atoms with Crippen molar-refractivity contribution in [2.75, 3.05) is 0 Å². The van der Waals surface area contributed by atoms with Crippen LogP contribution < -0.4 is 11.2 Å². The van der Waals surface area contributed by atoms with Crippen LogP contribution in [0.4, 0.5) is 4.79 Å². The molecule has 3 N–H and O–H groups in total. The molecule has 2 aromatic rings. The van der Waals surface area contributed by atoms with Gasteiger partial charge in [0.25, 0.3) is 0 Å². The number of rotatable bonds is 4. The molecule has 0 unspecified atom stereocenters. The third kappa shape index (κ3) is 4.05. The second kappa shape index (κ2) is 7.04. The highest BCUT2D eigenvalue weighted by atomic mass is 32.1. The molecular weight excluding hydrogens is 294 g/mol. The fourth-order valence-electron chi connectivity index (χ4n) is 2.33. The highest BCUT2D eigenvalue weighted by Crippen LogP contribution is 2.19. The predicted octanol–water partition coefficient (Wildman–Crippen LogP) is 3.76. The molecule has 0 saturated heterocycles.